The number of nitrogens with two attached hydrogens (primary N) is 1. The van der Waals surface area contributed by atoms with Crippen molar-refractivity contribution >= 4 is 27.5 Å². The summed E-state index contributed by atoms with van der Waals surface area (Å²) in [6.45, 7) is 8.19. The molecule has 0 spiro atoms. The molecule has 15 heavy (non-hydrogen) atoms. The Labute approximate surface area is 99.7 Å². The predicted molar refractivity (Wildman–Crippen MR) is 69.7 cm³/mol. The molecule has 0 aliphatic heterocycles. The fraction of sp³-hybridized carbons (Fsp3) is 0.417. The normalized spacial score (nSPS) is 12.3. The van der Waals surface area contributed by atoms with Gasteiger partial charge in [-0.15, -0.1) is 0 Å². The number of rotatable bonds is 2. The van der Waals surface area contributed by atoms with Gasteiger partial charge in [-0.3, -0.25) is 0 Å². The first-order valence-corrected chi connectivity index (χ1v) is 5.82. The lowest BCUT2D eigenvalue weighted by molar-refractivity contribution is 0.873. The van der Waals surface area contributed by atoms with E-state index in [-0.39, 0.29) is 5.92 Å². The molecule has 0 aliphatic rings. The maximum Gasteiger partial charge on any atom is 0.102 e. The molecule has 2 N–H and O–H groups in total. The topological polar surface area (TPSA) is 38.4 Å². The molecule has 0 heterocycles. The molecule has 0 atom stereocenters. The van der Waals surface area contributed by atoms with E-state index in [2.05, 4.69) is 34.8 Å². The van der Waals surface area contributed by atoms with Crippen molar-refractivity contribution in [3.8, 4) is 0 Å². The van der Waals surface area contributed by atoms with Gasteiger partial charge in [0.15, 0.2) is 0 Å². The van der Waals surface area contributed by atoms with Crippen LogP contribution in [0.5, 0.6) is 0 Å². The molecule has 1 aromatic rings. The second-order valence-corrected chi connectivity index (χ2v) is 4.88. The van der Waals surface area contributed by atoms with Crippen LogP contribution < -0.4 is 5.73 Å². The van der Waals surface area contributed by atoms with Gasteiger partial charge in [0.2, 0.25) is 0 Å². The van der Waals surface area contributed by atoms with Gasteiger partial charge < -0.3 is 5.73 Å². The molecule has 0 bridgehead atoms. The summed E-state index contributed by atoms with van der Waals surface area (Å²) >= 11 is 3.53. The van der Waals surface area contributed by atoms with E-state index in [1.54, 1.807) is 0 Å². The van der Waals surface area contributed by atoms with E-state index >= 15 is 0 Å². The van der Waals surface area contributed by atoms with Gasteiger partial charge in [0, 0.05) is 10.4 Å². The second kappa shape index (κ2) is 4.79. The minimum Gasteiger partial charge on any atom is -0.387 e. The van der Waals surface area contributed by atoms with Crippen LogP contribution in [0.15, 0.2) is 21.6 Å². The Morgan fingerprint density at radius 1 is 1.27 bits per heavy atom. The number of hydrogen-bond acceptors (Lipinski definition) is 1. The van der Waals surface area contributed by atoms with Crippen LogP contribution in [0.25, 0.3) is 0 Å². The minimum atomic E-state index is 0.286. The van der Waals surface area contributed by atoms with Crippen LogP contribution in [0.1, 0.15) is 25.0 Å². The zero-order valence-electron chi connectivity index (χ0n) is 9.63. The highest BCUT2D eigenvalue weighted by atomic mass is 79.9. The van der Waals surface area contributed by atoms with Crippen LogP contribution in [0, 0.1) is 19.8 Å². The van der Waals surface area contributed by atoms with Crippen molar-refractivity contribution in [3.05, 3.63) is 27.7 Å². The number of aryl methyl sites for hydroxylation is 2. The maximum absolute atomic E-state index is 5.82. The van der Waals surface area contributed by atoms with Crippen LogP contribution in [0.4, 0.5) is 5.69 Å². The van der Waals surface area contributed by atoms with Crippen molar-refractivity contribution in [2.75, 3.05) is 0 Å². The Hall–Kier alpha value is -0.830. The Kier molecular flexibility index (Phi) is 3.91. The van der Waals surface area contributed by atoms with Gasteiger partial charge in [-0.1, -0.05) is 29.8 Å². The summed E-state index contributed by atoms with van der Waals surface area (Å²) in [5.41, 5.74) is 9.13. The first kappa shape index (κ1) is 12.2. The SMILES string of the molecule is Cc1cc(N=C(N)C(C)C)cc(C)c1Br. The molecule has 1 rings (SSSR count). The van der Waals surface area contributed by atoms with Gasteiger partial charge in [0.05, 0.1) is 5.69 Å². The Morgan fingerprint density at radius 3 is 2.13 bits per heavy atom. The molecule has 82 valence electrons. The van der Waals surface area contributed by atoms with E-state index in [0.717, 1.165) is 10.2 Å². The lowest BCUT2D eigenvalue weighted by atomic mass is 10.1. The highest BCUT2D eigenvalue weighted by molar-refractivity contribution is 9.10. The molecule has 0 aromatic heterocycles. The van der Waals surface area contributed by atoms with Gasteiger partial charge in [0.1, 0.15) is 5.84 Å². The summed E-state index contributed by atoms with van der Waals surface area (Å²) in [5, 5.41) is 0. The minimum absolute atomic E-state index is 0.286. The summed E-state index contributed by atoms with van der Waals surface area (Å²) in [6, 6.07) is 4.07. The van der Waals surface area contributed by atoms with E-state index < -0.39 is 0 Å². The third kappa shape index (κ3) is 3.06. The van der Waals surface area contributed by atoms with Gasteiger partial charge in [-0.05, 0) is 37.1 Å². The number of nitrogens with zero attached hydrogens (tertiary/aromatic N) is 1. The largest absolute Gasteiger partial charge is 0.387 e. The third-order valence-electron chi connectivity index (χ3n) is 2.27. The molecule has 2 nitrogen and oxygen atoms in total. The number of amidine groups is 1. The number of benzene rings is 1. The van der Waals surface area contributed by atoms with Crippen LogP contribution in [-0.2, 0) is 0 Å². The predicted octanol–water partition coefficient (Wildman–Crippen LogP) is 3.71. The lowest BCUT2D eigenvalue weighted by Crippen LogP contribution is -2.18. The molecular formula is C12H17BrN2. The molecule has 0 saturated carbocycles. The van der Waals surface area contributed by atoms with Crippen LogP contribution >= 0.6 is 15.9 Å². The summed E-state index contributed by atoms with van der Waals surface area (Å²) in [6.07, 6.45) is 0. The van der Waals surface area contributed by atoms with E-state index in [9.17, 15) is 0 Å². The van der Waals surface area contributed by atoms with E-state index in [1.165, 1.54) is 11.1 Å². The molecule has 0 aliphatic carbocycles. The third-order valence-corrected chi connectivity index (χ3v) is 3.52. The molecular weight excluding hydrogens is 252 g/mol. The van der Waals surface area contributed by atoms with Crippen LogP contribution in [-0.4, -0.2) is 5.84 Å². The average molecular weight is 269 g/mol. The number of aliphatic imine (C=N–C) groups is 1. The van der Waals surface area contributed by atoms with Crippen molar-refractivity contribution in [2.45, 2.75) is 27.7 Å². The monoisotopic (exact) mass is 268 g/mol. The molecule has 0 unspecified atom stereocenters. The molecule has 0 amide bonds. The second-order valence-electron chi connectivity index (χ2n) is 4.08. The summed E-state index contributed by atoms with van der Waals surface area (Å²) in [5.74, 6) is 0.963. The van der Waals surface area contributed by atoms with Crippen LogP contribution in [0.2, 0.25) is 0 Å². The fourth-order valence-electron chi connectivity index (χ4n) is 1.27. The van der Waals surface area contributed by atoms with Gasteiger partial charge in [0.25, 0.3) is 0 Å². The number of hydrogen-bond donors (Lipinski definition) is 1. The smallest absolute Gasteiger partial charge is 0.102 e. The van der Waals surface area contributed by atoms with Gasteiger partial charge in [-0.25, -0.2) is 4.99 Å². The zero-order chi connectivity index (χ0) is 11.6. The average Bonchev–Trinajstić information content (AvgIpc) is 2.13. The van der Waals surface area contributed by atoms with E-state index in [1.807, 2.05) is 26.0 Å². The van der Waals surface area contributed by atoms with Crippen molar-refractivity contribution in [1.82, 2.24) is 0 Å². The molecule has 3 heteroatoms. The summed E-state index contributed by atoms with van der Waals surface area (Å²) < 4.78 is 1.14. The summed E-state index contributed by atoms with van der Waals surface area (Å²) in [4.78, 5) is 4.39. The highest BCUT2D eigenvalue weighted by Gasteiger charge is 2.03. The molecule has 1 aromatic carbocycles. The fourth-order valence-corrected chi connectivity index (χ4v) is 1.49. The Balaban J connectivity index is 3.13. The van der Waals surface area contributed by atoms with Crippen molar-refractivity contribution in [1.29, 1.82) is 0 Å². The quantitative estimate of drug-likeness (QED) is 0.645. The van der Waals surface area contributed by atoms with E-state index in [0.29, 0.717) is 5.84 Å². The van der Waals surface area contributed by atoms with Crippen molar-refractivity contribution in [3.63, 3.8) is 0 Å². The standard InChI is InChI=1S/C12H17BrN2/c1-7(2)12(14)15-10-5-8(3)11(13)9(4)6-10/h5-7H,1-4H3,(H2,14,15). The summed E-state index contributed by atoms with van der Waals surface area (Å²) in [7, 11) is 0. The van der Waals surface area contributed by atoms with Crippen LogP contribution in [0.3, 0.4) is 0 Å². The van der Waals surface area contributed by atoms with Gasteiger partial charge in [-0.2, -0.15) is 0 Å². The lowest BCUT2D eigenvalue weighted by Gasteiger charge is -2.07. The number of halogens is 1. The first-order chi connectivity index (χ1) is 6.91. The Morgan fingerprint density at radius 2 is 1.73 bits per heavy atom. The highest BCUT2D eigenvalue weighted by Crippen LogP contribution is 2.26. The van der Waals surface area contributed by atoms with Gasteiger partial charge >= 0.3 is 0 Å². The molecule has 0 radical (unpaired) electrons. The van der Waals surface area contributed by atoms with Crippen molar-refractivity contribution < 1.29 is 0 Å². The Bertz CT molecular complexity index is 372. The first-order valence-electron chi connectivity index (χ1n) is 5.02. The maximum atomic E-state index is 5.82. The van der Waals surface area contributed by atoms with E-state index in [4.69, 9.17) is 5.73 Å². The van der Waals surface area contributed by atoms with Crippen molar-refractivity contribution in [2.24, 2.45) is 16.6 Å². The molecule has 0 saturated heterocycles. The zero-order valence-corrected chi connectivity index (χ0v) is 11.2. The molecule has 0 fully saturated rings.